The van der Waals surface area contributed by atoms with Crippen molar-refractivity contribution in [2.45, 2.75) is 33.2 Å². The van der Waals surface area contributed by atoms with E-state index in [0.717, 1.165) is 28.1 Å². The van der Waals surface area contributed by atoms with E-state index in [2.05, 4.69) is 16.1 Å². The normalized spacial score (nSPS) is 14.7. The Morgan fingerprint density at radius 3 is 2.89 bits per heavy atom. The Hall–Kier alpha value is -1.97. The predicted octanol–water partition coefficient (Wildman–Crippen LogP) is 2.08. The molecule has 0 amide bonds. The molecular weight excluding hydrogens is 226 g/mol. The summed E-state index contributed by atoms with van der Waals surface area (Å²) < 4.78 is 1.97. The molecule has 2 aromatic heterocycles. The summed E-state index contributed by atoms with van der Waals surface area (Å²) in [6, 6.07) is 2.08. The standard InChI is InChI=1S/C14H15N3O/c1-9-5-11(8-15-7-9)14-10(2)13-6-12(18)3-4-17(13)16-14/h5,7-8H,3-4,6H2,1-2H3. The summed E-state index contributed by atoms with van der Waals surface area (Å²) in [4.78, 5) is 15.7. The van der Waals surface area contributed by atoms with E-state index in [1.54, 1.807) is 0 Å². The van der Waals surface area contributed by atoms with E-state index in [4.69, 9.17) is 0 Å². The van der Waals surface area contributed by atoms with Gasteiger partial charge in [-0.1, -0.05) is 0 Å². The van der Waals surface area contributed by atoms with E-state index >= 15 is 0 Å². The number of rotatable bonds is 1. The number of Topliss-reactive ketones (excluding diaryl/α,β-unsaturated/α-hetero) is 1. The molecule has 0 N–H and O–H groups in total. The van der Waals surface area contributed by atoms with Crippen molar-refractivity contribution in [2.75, 3.05) is 0 Å². The van der Waals surface area contributed by atoms with Crippen LogP contribution in [0.1, 0.15) is 23.2 Å². The van der Waals surface area contributed by atoms with Crippen molar-refractivity contribution in [3.8, 4) is 11.3 Å². The molecule has 2 aromatic rings. The highest BCUT2D eigenvalue weighted by atomic mass is 16.1. The van der Waals surface area contributed by atoms with Gasteiger partial charge in [-0.05, 0) is 31.0 Å². The largest absolute Gasteiger partial charge is 0.299 e. The quantitative estimate of drug-likeness (QED) is 0.768. The number of carbonyl (C=O) groups is 1. The van der Waals surface area contributed by atoms with Gasteiger partial charge in [-0.15, -0.1) is 0 Å². The van der Waals surface area contributed by atoms with E-state index in [1.807, 2.05) is 30.9 Å². The Kier molecular flexibility index (Phi) is 2.51. The number of carbonyl (C=O) groups excluding carboxylic acids is 1. The lowest BCUT2D eigenvalue weighted by Crippen LogP contribution is -2.19. The Morgan fingerprint density at radius 2 is 2.11 bits per heavy atom. The molecule has 0 radical (unpaired) electrons. The van der Waals surface area contributed by atoms with Crippen molar-refractivity contribution in [1.29, 1.82) is 0 Å². The second kappa shape index (κ2) is 4.05. The Morgan fingerprint density at radius 1 is 1.28 bits per heavy atom. The van der Waals surface area contributed by atoms with Crippen molar-refractivity contribution in [1.82, 2.24) is 14.8 Å². The Bertz CT molecular complexity index is 628. The highest BCUT2D eigenvalue weighted by Crippen LogP contribution is 2.27. The SMILES string of the molecule is Cc1cncc(-c2nn3c(c2C)CC(=O)CC3)c1. The van der Waals surface area contributed by atoms with Crippen molar-refractivity contribution in [3.63, 3.8) is 0 Å². The first-order chi connectivity index (χ1) is 8.65. The highest BCUT2D eigenvalue weighted by Gasteiger charge is 2.22. The van der Waals surface area contributed by atoms with Crippen LogP contribution < -0.4 is 0 Å². The van der Waals surface area contributed by atoms with Gasteiger partial charge in [-0.25, -0.2) is 0 Å². The van der Waals surface area contributed by atoms with Gasteiger partial charge in [0.25, 0.3) is 0 Å². The minimum Gasteiger partial charge on any atom is -0.299 e. The average molecular weight is 241 g/mol. The van der Waals surface area contributed by atoms with Crippen LogP contribution in [0.25, 0.3) is 11.3 Å². The molecule has 0 atom stereocenters. The minimum absolute atomic E-state index is 0.305. The summed E-state index contributed by atoms with van der Waals surface area (Å²) >= 11 is 0. The van der Waals surface area contributed by atoms with Crippen LogP contribution in [0.5, 0.6) is 0 Å². The van der Waals surface area contributed by atoms with Crippen LogP contribution in [0.3, 0.4) is 0 Å². The van der Waals surface area contributed by atoms with Crippen LogP contribution in [0, 0.1) is 13.8 Å². The van der Waals surface area contributed by atoms with Gasteiger partial charge >= 0.3 is 0 Å². The van der Waals surface area contributed by atoms with Gasteiger partial charge in [0.05, 0.1) is 5.69 Å². The number of aromatic nitrogens is 3. The van der Waals surface area contributed by atoms with Crippen molar-refractivity contribution in [3.05, 3.63) is 35.3 Å². The Labute approximate surface area is 106 Å². The van der Waals surface area contributed by atoms with Crippen molar-refractivity contribution >= 4 is 5.78 Å². The van der Waals surface area contributed by atoms with Crippen LogP contribution in [-0.2, 0) is 17.8 Å². The molecular formula is C14H15N3O. The molecule has 0 bridgehead atoms. The molecule has 0 fully saturated rings. The molecule has 92 valence electrons. The maximum Gasteiger partial charge on any atom is 0.140 e. The number of fused-ring (bicyclic) bond motifs is 1. The fourth-order valence-electron chi connectivity index (χ4n) is 2.46. The molecule has 4 heteroatoms. The van der Waals surface area contributed by atoms with Crippen LogP contribution in [-0.4, -0.2) is 20.5 Å². The fraction of sp³-hybridized carbons (Fsp3) is 0.357. The summed E-state index contributed by atoms with van der Waals surface area (Å²) in [6.45, 7) is 4.76. The van der Waals surface area contributed by atoms with E-state index in [0.29, 0.717) is 25.2 Å². The number of pyridine rings is 1. The molecule has 0 aromatic carbocycles. The van der Waals surface area contributed by atoms with E-state index in [1.165, 1.54) is 0 Å². The smallest absolute Gasteiger partial charge is 0.140 e. The fourth-order valence-corrected chi connectivity index (χ4v) is 2.46. The van der Waals surface area contributed by atoms with Gasteiger partial charge in [0, 0.05) is 43.0 Å². The van der Waals surface area contributed by atoms with E-state index < -0.39 is 0 Å². The summed E-state index contributed by atoms with van der Waals surface area (Å²) in [5.41, 5.74) is 5.27. The third-order valence-electron chi connectivity index (χ3n) is 3.44. The van der Waals surface area contributed by atoms with E-state index in [-0.39, 0.29) is 0 Å². The number of hydrogen-bond acceptors (Lipinski definition) is 3. The summed E-state index contributed by atoms with van der Waals surface area (Å²) in [5, 5.41) is 4.62. The zero-order valence-electron chi connectivity index (χ0n) is 10.6. The summed E-state index contributed by atoms with van der Waals surface area (Å²) in [5.74, 6) is 0.305. The molecule has 3 rings (SSSR count). The third-order valence-corrected chi connectivity index (χ3v) is 3.44. The summed E-state index contributed by atoms with van der Waals surface area (Å²) in [6.07, 6.45) is 4.77. The zero-order valence-corrected chi connectivity index (χ0v) is 10.6. The predicted molar refractivity (Wildman–Crippen MR) is 68.3 cm³/mol. The molecule has 0 unspecified atom stereocenters. The molecule has 1 aliphatic heterocycles. The number of aryl methyl sites for hydroxylation is 2. The molecule has 0 aliphatic carbocycles. The average Bonchev–Trinajstić information content (AvgIpc) is 2.67. The van der Waals surface area contributed by atoms with Crippen molar-refractivity contribution in [2.24, 2.45) is 0 Å². The second-order valence-electron chi connectivity index (χ2n) is 4.86. The van der Waals surface area contributed by atoms with Crippen LogP contribution in [0.15, 0.2) is 18.5 Å². The lowest BCUT2D eigenvalue weighted by atomic mass is 10.0. The van der Waals surface area contributed by atoms with Gasteiger partial charge in [0.2, 0.25) is 0 Å². The monoisotopic (exact) mass is 241 g/mol. The highest BCUT2D eigenvalue weighted by molar-refractivity contribution is 5.82. The summed E-state index contributed by atoms with van der Waals surface area (Å²) in [7, 11) is 0. The lowest BCUT2D eigenvalue weighted by Gasteiger charge is -2.12. The minimum atomic E-state index is 0.305. The van der Waals surface area contributed by atoms with Gasteiger partial charge in [0.15, 0.2) is 0 Å². The zero-order chi connectivity index (χ0) is 12.7. The Balaban J connectivity index is 2.12. The molecule has 1 aliphatic rings. The van der Waals surface area contributed by atoms with E-state index in [9.17, 15) is 4.79 Å². The van der Waals surface area contributed by atoms with Crippen molar-refractivity contribution < 1.29 is 4.79 Å². The number of hydrogen-bond donors (Lipinski definition) is 0. The van der Waals surface area contributed by atoms with Crippen LogP contribution in [0.2, 0.25) is 0 Å². The maximum atomic E-state index is 11.5. The first-order valence-corrected chi connectivity index (χ1v) is 6.15. The molecule has 0 saturated carbocycles. The van der Waals surface area contributed by atoms with Gasteiger partial charge < -0.3 is 0 Å². The lowest BCUT2D eigenvalue weighted by molar-refractivity contribution is -0.119. The molecule has 0 spiro atoms. The molecule has 18 heavy (non-hydrogen) atoms. The number of nitrogens with zero attached hydrogens (tertiary/aromatic N) is 3. The second-order valence-corrected chi connectivity index (χ2v) is 4.86. The molecule has 3 heterocycles. The first-order valence-electron chi connectivity index (χ1n) is 6.15. The molecule has 0 saturated heterocycles. The van der Waals surface area contributed by atoms with Crippen LogP contribution >= 0.6 is 0 Å². The third kappa shape index (κ3) is 1.74. The number of ketones is 1. The molecule has 4 nitrogen and oxygen atoms in total. The van der Waals surface area contributed by atoms with Crippen LogP contribution in [0.4, 0.5) is 0 Å². The maximum absolute atomic E-state index is 11.5. The van der Waals surface area contributed by atoms with Gasteiger partial charge in [-0.3, -0.25) is 14.5 Å². The van der Waals surface area contributed by atoms with Gasteiger partial charge in [0.1, 0.15) is 5.78 Å². The topological polar surface area (TPSA) is 47.8 Å². The first kappa shape index (κ1) is 11.1. The van der Waals surface area contributed by atoms with Gasteiger partial charge in [-0.2, -0.15) is 5.10 Å².